The van der Waals surface area contributed by atoms with E-state index in [2.05, 4.69) is 13.8 Å². The lowest BCUT2D eigenvalue weighted by Gasteiger charge is -2.11. The molecule has 0 aromatic heterocycles. The van der Waals surface area contributed by atoms with Gasteiger partial charge in [0.25, 0.3) is 0 Å². The van der Waals surface area contributed by atoms with Crippen molar-refractivity contribution in [2.45, 2.75) is 32.3 Å². The van der Waals surface area contributed by atoms with Crippen LogP contribution in [0.2, 0.25) is 0 Å². The summed E-state index contributed by atoms with van der Waals surface area (Å²) in [6.07, 6.45) is -0.352. The van der Waals surface area contributed by atoms with Gasteiger partial charge in [-0.1, -0.05) is 38.1 Å². The summed E-state index contributed by atoms with van der Waals surface area (Å²) in [7, 11) is 1.42. The first-order valence-corrected chi connectivity index (χ1v) is 5.39. The topological polar surface area (TPSA) is 46.5 Å². The Morgan fingerprint density at radius 1 is 1.31 bits per heavy atom. The van der Waals surface area contributed by atoms with Crippen LogP contribution in [0, 0.1) is 0 Å². The first-order valence-electron chi connectivity index (χ1n) is 5.39. The van der Waals surface area contributed by atoms with E-state index >= 15 is 0 Å². The van der Waals surface area contributed by atoms with Gasteiger partial charge in [-0.15, -0.1) is 0 Å². The first kappa shape index (κ1) is 12.7. The Balaban J connectivity index is 2.71. The molecule has 0 saturated heterocycles. The molecular formula is C13H18O3. The monoisotopic (exact) mass is 222 g/mol. The zero-order valence-electron chi connectivity index (χ0n) is 9.93. The van der Waals surface area contributed by atoms with E-state index in [0.29, 0.717) is 12.3 Å². The highest BCUT2D eigenvalue weighted by Crippen LogP contribution is 2.15. The van der Waals surface area contributed by atoms with Gasteiger partial charge in [0.1, 0.15) is 0 Å². The van der Waals surface area contributed by atoms with E-state index < -0.39 is 12.1 Å². The summed E-state index contributed by atoms with van der Waals surface area (Å²) in [4.78, 5) is 10.8. The summed E-state index contributed by atoms with van der Waals surface area (Å²) in [5.41, 5.74) is 2.24. The van der Waals surface area contributed by atoms with Gasteiger partial charge < -0.3 is 9.84 Å². The van der Waals surface area contributed by atoms with Crippen molar-refractivity contribution >= 4 is 5.97 Å². The molecule has 1 atom stereocenters. The molecule has 1 rings (SSSR count). The fourth-order valence-electron chi connectivity index (χ4n) is 1.52. The van der Waals surface area contributed by atoms with Gasteiger partial charge >= 0.3 is 5.97 Å². The average Bonchev–Trinajstić information content (AvgIpc) is 2.26. The summed E-state index contributed by atoms with van der Waals surface area (Å²) >= 11 is 0. The summed E-state index contributed by atoms with van der Waals surface area (Å²) in [6.45, 7) is 4.26. The van der Waals surface area contributed by atoms with Crippen molar-refractivity contribution in [3.8, 4) is 0 Å². The van der Waals surface area contributed by atoms with Gasteiger partial charge in [-0.3, -0.25) is 0 Å². The zero-order valence-corrected chi connectivity index (χ0v) is 9.93. The molecule has 0 aliphatic rings. The third-order valence-electron chi connectivity index (χ3n) is 2.63. The number of aliphatic carboxylic acids is 1. The summed E-state index contributed by atoms with van der Waals surface area (Å²) in [5.74, 6) is -0.429. The van der Waals surface area contributed by atoms with Gasteiger partial charge in [-0.05, 0) is 17.0 Å². The smallest absolute Gasteiger partial charge is 0.333 e. The van der Waals surface area contributed by atoms with Gasteiger partial charge in [0, 0.05) is 13.5 Å². The standard InChI is InChI=1S/C13H18O3/c1-9(2)11-6-4-10(5-7-11)8-12(16-3)13(14)15/h4-7,9,12H,8H2,1-3H3,(H,14,15)/t12-/m0/s1. The number of carbonyl (C=O) groups is 1. The SMILES string of the molecule is CO[C@@H](Cc1ccc(C(C)C)cc1)C(=O)O. The zero-order chi connectivity index (χ0) is 12.1. The van der Waals surface area contributed by atoms with Crippen LogP contribution in [0.1, 0.15) is 30.9 Å². The fourth-order valence-corrected chi connectivity index (χ4v) is 1.52. The molecule has 0 saturated carbocycles. The van der Waals surface area contributed by atoms with Crippen LogP contribution in [-0.4, -0.2) is 24.3 Å². The van der Waals surface area contributed by atoms with Gasteiger partial charge in [-0.25, -0.2) is 4.79 Å². The molecule has 0 heterocycles. The molecule has 0 aliphatic carbocycles. The summed E-state index contributed by atoms with van der Waals surface area (Å²) < 4.78 is 4.89. The predicted molar refractivity (Wildman–Crippen MR) is 62.7 cm³/mol. The minimum absolute atomic E-state index is 0.407. The first-order chi connectivity index (χ1) is 7.54. The fraction of sp³-hybridized carbons (Fsp3) is 0.462. The van der Waals surface area contributed by atoms with Gasteiger partial charge in [0.15, 0.2) is 6.10 Å². The molecule has 0 radical (unpaired) electrons. The van der Waals surface area contributed by atoms with Gasteiger partial charge in [0.2, 0.25) is 0 Å². The van der Waals surface area contributed by atoms with Crippen molar-refractivity contribution < 1.29 is 14.6 Å². The molecule has 3 heteroatoms. The second-order valence-electron chi connectivity index (χ2n) is 4.16. The van der Waals surface area contributed by atoms with Crippen LogP contribution in [0.25, 0.3) is 0 Å². The Morgan fingerprint density at radius 2 is 1.88 bits per heavy atom. The van der Waals surface area contributed by atoms with Gasteiger partial charge in [-0.2, -0.15) is 0 Å². The van der Waals surface area contributed by atoms with Crippen molar-refractivity contribution in [2.24, 2.45) is 0 Å². The third-order valence-corrected chi connectivity index (χ3v) is 2.63. The Bertz CT molecular complexity index is 341. The predicted octanol–water partition coefficient (Wildman–Crippen LogP) is 2.45. The van der Waals surface area contributed by atoms with E-state index in [0.717, 1.165) is 5.56 Å². The molecule has 16 heavy (non-hydrogen) atoms. The molecule has 88 valence electrons. The van der Waals surface area contributed by atoms with E-state index in [1.54, 1.807) is 0 Å². The Labute approximate surface area is 96.1 Å². The highest BCUT2D eigenvalue weighted by Gasteiger charge is 2.16. The van der Waals surface area contributed by atoms with E-state index in [1.165, 1.54) is 12.7 Å². The Hall–Kier alpha value is -1.35. The van der Waals surface area contributed by atoms with Crippen LogP contribution in [0.5, 0.6) is 0 Å². The maximum atomic E-state index is 10.8. The highest BCUT2D eigenvalue weighted by molar-refractivity contribution is 5.72. The lowest BCUT2D eigenvalue weighted by atomic mass is 10.00. The number of methoxy groups -OCH3 is 1. The second kappa shape index (κ2) is 5.66. The molecule has 0 bridgehead atoms. The van der Waals surface area contributed by atoms with Crippen LogP contribution in [-0.2, 0) is 16.0 Å². The van der Waals surface area contributed by atoms with Gasteiger partial charge in [0.05, 0.1) is 0 Å². The number of benzene rings is 1. The minimum atomic E-state index is -0.921. The third kappa shape index (κ3) is 3.35. The second-order valence-corrected chi connectivity index (χ2v) is 4.16. The molecule has 1 N–H and O–H groups in total. The molecular weight excluding hydrogens is 204 g/mol. The highest BCUT2D eigenvalue weighted by atomic mass is 16.5. The van der Waals surface area contributed by atoms with Crippen LogP contribution in [0.3, 0.4) is 0 Å². The van der Waals surface area contributed by atoms with Crippen LogP contribution in [0.4, 0.5) is 0 Å². The average molecular weight is 222 g/mol. The molecule has 0 amide bonds. The van der Waals surface area contributed by atoms with E-state index in [1.807, 2.05) is 24.3 Å². The Morgan fingerprint density at radius 3 is 2.25 bits per heavy atom. The van der Waals surface area contributed by atoms with Crippen molar-refractivity contribution in [3.05, 3.63) is 35.4 Å². The number of hydrogen-bond donors (Lipinski definition) is 1. The van der Waals surface area contributed by atoms with E-state index in [9.17, 15) is 4.79 Å². The molecule has 3 nitrogen and oxygen atoms in total. The lowest BCUT2D eigenvalue weighted by molar-refractivity contribution is -0.148. The van der Waals surface area contributed by atoms with Crippen LogP contribution < -0.4 is 0 Å². The van der Waals surface area contributed by atoms with Crippen molar-refractivity contribution in [3.63, 3.8) is 0 Å². The number of carboxylic acids is 1. The Kier molecular flexibility index (Phi) is 4.50. The molecule has 0 fully saturated rings. The summed E-state index contributed by atoms with van der Waals surface area (Å²) in [5, 5.41) is 8.85. The number of ether oxygens (including phenoxy) is 1. The van der Waals surface area contributed by atoms with Crippen molar-refractivity contribution in [1.29, 1.82) is 0 Å². The van der Waals surface area contributed by atoms with Crippen LogP contribution >= 0.6 is 0 Å². The quantitative estimate of drug-likeness (QED) is 0.832. The number of hydrogen-bond acceptors (Lipinski definition) is 2. The van der Waals surface area contributed by atoms with Crippen molar-refractivity contribution in [1.82, 2.24) is 0 Å². The minimum Gasteiger partial charge on any atom is -0.479 e. The normalized spacial score (nSPS) is 12.8. The largest absolute Gasteiger partial charge is 0.479 e. The van der Waals surface area contributed by atoms with Crippen molar-refractivity contribution in [2.75, 3.05) is 7.11 Å². The van der Waals surface area contributed by atoms with Crippen LogP contribution in [0.15, 0.2) is 24.3 Å². The van der Waals surface area contributed by atoms with E-state index in [-0.39, 0.29) is 0 Å². The molecule has 1 aromatic rings. The molecule has 1 aromatic carbocycles. The summed E-state index contributed by atoms with van der Waals surface area (Å²) in [6, 6.07) is 8.00. The molecule has 0 aliphatic heterocycles. The van der Waals surface area contributed by atoms with E-state index in [4.69, 9.17) is 9.84 Å². The molecule has 0 unspecified atom stereocenters. The lowest BCUT2D eigenvalue weighted by Crippen LogP contribution is -2.24. The molecule has 0 spiro atoms. The number of rotatable bonds is 5. The number of carboxylic acid groups (broad SMARTS) is 1. The maximum Gasteiger partial charge on any atom is 0.333 e. The maximum absolute atomic E-state index is 10.8.